The van der Waals surface area contributed by atoms with Crippen LogP contribution in [0.4, 0.5) is 0 Å². The molecule has 1 N–H and O–H groups in total. The normalized spacial score (nSPS) is 13.5. The SMILES string of the molecule is CCCCNC(C)OS(=O)(=O)c1ccccc1. The van der Waals surface area contributed by atoms with Crippen LogP contribution in [-0.4, -0.2) is 21.2 Å². The third-order valence-electron chi connectivity index (χ3n) is 2.27. The maximum Gasteiger partial charge on any atom is 0.298 e. The van der Waals surface area contributed by atoms with Crippen LogP contribution in [0.3, 0.4) is 0 Å². The fourth-order valence-electron chi connectivity index (χ4n) is 1.35. The summed E-state index contributed by atoms with van der Waals surface area (Å²) in [5.74, 6) is 0. The van der Waals surface area contributed by atoms with E-state index in [1.165, 1.54) is 12.1 Å². The first-order chi connectivity index (χ1) is 8.06. The molecule has 1 rings (SSSR count). The first-order valence-electron chi connectivity index (χ1n) is 5.78. The molecule has 0 aromatic heterocycles. The first kappa shape index (κ1) is 14.2. The second-order valence-corrected chi connectivity index (χ2v) is 5.39. The van der Waals surface area contributed by atoms with Crippen LogP contribution in [0.5, 0.6) is 0 Å². The van der Waals surface area contributed by atoms with Crippen molar-refractivity contribution in [3.8, 4) is 0 Å². The molecule has 0 aliphatic rings. The van der Waals surface area contributed by atoms with Gasteiger partial charge in [-0.3, -0.25) is 5.32 Å². The van der Waals surface area contributed by atoms with Crippen LogP contribution >= 0.6 is 0 Å². The van der Waals surface area contributed by atoms with Crippen molar-refractivity contribution in [3.05, 3.63) is 30.3 Å². The Morgan fingerprint density at radius 3 is 2.53 bits per heavy atom. The number of hydrogen-bond acceptors (Lipinski definition) is 4. The highest BCUT2D eigenvalue weighted by Gasteiger charge is 2.17. The molecule has 0 aliphatic heterocycles. The summed E-state index contributed by atoms with van der Waals surface area (Å²) in [6.45, 7) is 4.52. The van der Waals surface area contributed by atoms with Gasteiger partial charge >= 0.3 is 0 Å². The largest absolute Gasteiger partial charge is 0.298 e. The molecule has 1 aromatic carbocycles. The molecule has 0 heterocycles. The monoisotopic (exact) mass is 257 g/mol. The number of unbranched alkanes of at least 4 members (excludes halogenated alkanes) is 1. The van der Waals surface area contributed by atoms with E-state index < -0.39 is 16.3 Å². The summed E-state index contributed by atoms with van der Waals surface area (Å²) in [7, 11) is -3.66. The van der Waals surface area contributed by atoms with E-state index in [1.807, 2.05) is 0 Å². The number of nitrogens with one attached hydrogen (secondary N) is 1. The quantitative estimate of drug-likeness (QED) is 0.462. The average Bonchev–Trinajstić information content (AvgIpc) is 2.30. The van der Waals surface area contributed by atoms with E-state index >= 15 is 0 Å². The lowest BCUT2D eigenvalue weighted by molar-refractivity contribution is 0.190. The Hall–Kier alpha value is -0.910. The van der Waals surface area contributed by atoms with Gasteiger partial charge in [-0.1, -0.05) is 31.5 Å². The maximum atomic E-state index is 11.8. The smallest absolute Gasteiger partial charge is 0.291 e. The zero-order valence-electron chi connectivity index (χ0n) is 10.2. The fraction of sp³-hybridized carbons (Fsp3) is 0.500. The van der Waals surface area contributed by atoms with E-state index in [0.29, 0.717) is 0 Å². The Bertz CT molecular complexity index is 417. The highest BCUT2D eigenvalue weighted by Crippen LogP contribution is 2.12. The number of hydrogen-bond donors (Lipinski definition) is 1. The molecular formula is C12H19NO3S. The van der Waals surface area contributed by atoms with Gasteiger partial charge in [0.25, 0.3) is 10.1 Å². The average molecular weight is 257 g/mol. The molecule has 0 spiro atoms. The Morgan fingerprint density at radius 1 is 1.29 bits per heavy atom. The third-order valence-corrected chi connectivity index (χ3v) is 3.66. The van der Waals surface area contributed by atoms with Crippen LogP contribution < -0.4 is 5.32 Å². The van der Waals surface area contributed by atoms with Gasteiger partial charge in [0.15, 0.2) is 0 Å². The molecule has 4 nitrogen and oxygen atoms in total. The Morgan fingerprint density at radius 2 is 1.94 bits per heavy atom. The van der Waals surface area contributed by atoms with E-state index in [2.05, 4.69) is 12.2 Å². The minimum Gasteiger partial charge on any atom is -0.291 e. The molecule has 1 unspecified atom stereocenters. The molecule has 0 fully saturated rings. The molecule has 1 aromatic rings. The molecule has 0 radical (unpaired) electrons. The first-order valence-corrected chi connectivity index (χ1v) is 7.19. The highest BCUT2D eigenvalue weighted by atomic mass is 32.2. The predicted molar refractivity (Wildman–Crippen MR) is 67.1 cm³/mol. The lowest BCUT2D eigenvalue weighted by Gasteiger charge is -2.14. The number of benzene rings is 1. The topological polar surface area (TPSA) is 55.4 Å². The van der Waals surface area contributed by atoms with Crippen molar-refractivity contribution >= 4 is 10.1 Å². The van der Waals surface area contributed by atoms with Gasteiger partial charge in [0, 0.05) is 0 Å². The van der Waals surface area contributed by atoms with Crippen molar-refractivity contribution in [1.29, 1.82) is 0 Å². The molecule has 5 heteroatoms. The zero-order chi connectivity index (χ0) is 12.7. The summed E-state index contributed by atoms with van der Waals surface area (Å²) >= 11 is 0. The lowest BCUT2D eigenvalue weighted by Crippen LogP contribution is -2.31. The molecule has 0 saturated carbocycles. The van der Waals surface area contributed by atoms with Crippen LogP contribution in [0.15, 0.2) is 35.2 Å². The van der Waals surface area contributed by atoms with Gasteiger partial charge in [0.2, 0.25) is 0 Å². The zero-order valence-corrected chi connectivity index (χ0v) is 11.0. The summed E-state index contributed by atoms with van der Waals surface area (Å²) in [6, 6.07) is 8.15. The molecule has 96 valence electrons. The van der Waals surface area contributed by atoms with Gasteiger partial charge < -0.3 is 0 Å². The molecule has 0 bridgehead atoms. The van der Waals surface area contributed by atoms with Crippen molar-refractivity contribution in [2.75, 3.05) is 6.54 Å². The van der Waals surface area contributed by atoms with Gasteiger partial charge in [-0.15, -0.1) is 0 Å². The summed E-state index contributed by atoms with van der Waals surface area (Å²) < 4.78 is 28.7. The third kappa shape index (κ3) is 4.85. The minimum atomic E-state index is -3.66. The summed E-state index contributed by atoms with van der Waals surface area (Å²) in [5.41, 5.74) is 0. The van der Waals surface area contributed by atoms with Crippen LogP contribution in [-0.2, 0) is 14.3 Å². The van der Waals surface area contributed by atoms with Gasteiger partial charge in [-0.25, -0.2) is 4.18 Å². The Labute approximate surface area is 103 Å². The van der Waals surface area contributed by atoms with E-state index in [0.717, 1.165) is 19.4 Å². The van der Waals surface area contributed by atoms with E-state index in [4.69, 9.17) is 4.18 Å². The Kier molecular flexibility index (Phi) is 5.61. The maximum absolute atomic E-state index is 11.8. The Balaban J connectivity index is 2.55. The van der Waals surface area contributed by atoms with Gasteiger partial charge in [-0.05, 0) is 32.0 Å². The van der Waals surface area contributed by atoms with Crippen LogP contribution in [0.2, 0.25) is 0 Å². The van der Waals surface area contributed by atoms with E-state index in [1.54, 1.807) is 25.1 Å². The summed E-state index contributed by atoms with van der Waals surface area (Å²) in [4.78, 5) is 0.184. The summed E-state index contributed by atoms with van der Waals surface area (Å²) in [5, 5.41) is 3.01. The van der Waals surface area contributed by atoms with Crippen molar-refractivity contribution in [2.24, 2.45) is 0 Å². The predicted octanol–water partition coefficient (Wildman–Crippen LogP) is 2.13. The second-order valence-electron chi connectivity index (χ2n) is 3.81. The van der Waals surface area contributed by atoms with Crippen molar-refractivity contribution in [2.45, 2.75) is 37.8 Å². The molecule has 1 atom stereocenters. The second kappa shape index (κ2) is 6.74. The minimum absolute atomic E-state index is 0.184. The standard InChI is InChI=1S/C12H19NO3S/c1-3-4-10-13-11(2)16-17(14,15)12-8-6-5-7-9-12/h5-9,11,13H,3-4,10H2,1-2H3. The molecule has 0 saturated heterocycles. The van der Waals surface area contributed by atoms with Crippen LogP contribution in [0.1, 0.15) is 26.7 Å². The van der Waals surface area contributed by atoms with E-state index in [-0.39, 0.29) is 4.90 Å². The lowest BCUT2D eigenvalue weighted by atomic mass is 10.3. The van der Waals surface area contributed by atoms with Gasteiger partial charge in [-0.2, -0.15) is 8.42 Å². The fourth-order valence-corrected chi connectivity index (χ4v) is 2.40. The van der Waals surface area contributed by atoms with Crippen LogP contribution in [0, 0.1) is 0 Å². The highest BCUT2D eigenvalue weighted by molar-refractivity contribution is 7.86. The van der Waals surface area contributed by atoms with E-state index in [9.17, 15) is 8.42 Å². The van der Waals surface area contributed by atoms with Crippen molar-refractivity contribution in [1.82, 2.24) is 5.32 Å². The van der Waals surface area contributed by atoms with Crippen molar-refractivity contribution < 1.29 is 12.6 Å². The molecular weight excluding hydrogens is 238 g/mol. The van der Waals surface area contributed by atoms with Gasteiger partial charge in [0.1, 0.15) is 6.23 Å². The number of rotatable bonds is 7. The van der Waals surface area contributed by atoms with Crippen molar-refractivity contribution in [3.63, 3.8) is 0 Å². The summed E-state index contributed by atoms with van der Waals surface area (Å²) in [6.07, 6.45) is 1.55. The molecule has 17 heavy (non-hydrogen) atoms. The molecule has 0 amide bonds. The van der Waals surface area contributed by atoms with Gasteiger partial charge in [0.05, 0.1) is 4.90 Å². The molecule has 0 aliphatic carbocycles. The van der Waals surface area contributed by atoms with Crippen LogP contribution in [0.25, 0.3) is 0 Å².